The SMILES string of the molecule is CCCCn1c(=O)[nH]c(=O)c2c1nc(CN(C)C(C)c1ccc(S(N)(=O)=O)cc1)n2CC. The van der Waals surface area contributed by atoms with E-state index in [-0.39, 0.29) is 10.9 Å². The summed E-state index contributed by atoms with van der Waals surface area (Å²) in [7, 11) is -1.82. The van der Waals surface area contributed by atoms with Gasteiger partial charge in [0.05, 0.1) is 11.4 Å². The van der Waals surface area contributed by atoms with Gasteiger partial charge in [-0.3, -0.25) is 19.2 Å². The van der Waals surface area contributed by atoms with E-state index in [1.54, 1.807) is 12.1 Å². The second kappa shape index (κ2) is 9.39. The van der Waals surface area contributed by atoms with E-state index in [2.05, 4.69) is 9.97 Å². The largest absolute Gasteiger partial charge is 0.330 e. The maximum Gasteiger partial charge on any atom is 0.330 e. The monoisotopic (exact) mass is 462 g/mol. The van der Waals surface area contributed by atoms with E-state index in [4.69, 9.17) is 5.14 Å². The lowest BCUT2D eigenvalue weighted by Crippen LogP contribution is -2.31. The number of benzene rings is 1. The highest BCUT2D eigenvalue weighted by molar-refractivity contribution is 7.89. The molecule has 2 heterocycles. The van der Waals surface area contributed by atoms with E-state index in [1.165, 1.54) is 16.7 Å². The first kappa shape index (κ1) is 23.9. The topological polar surface area (TPSA) is 136 Å². The minimum absolute atomic E-state index is 0.0600. The first-order chi connectivity index (χ1) is 15.1. The van der Waals surface area contributed by atoms with Gasteiger partial charge in [0.25, 0.3) is 5.56 Å². The Hall–Kier alpha value is -2.76. The number of imidazole rings is 1. The molecule has 2 aromatic heterocycles. The Morgan fingerprint density at radius 1 is 1.16 bits per heavy atom. The molecule has 0 aliphatic heterocycles. The second-order valence-electron chi connectivity index (χ2n) is 7.91. The van der Waals surface area contributed by atoms with Crippen molar-refractivity contribution in [2.75, 3.05) is 7.05 Å². The number of rotatable bonds is 9. The van der Waals surface area contributed by atoms with Gasteiger partial charge in [0.15, 0.2) is 11.2 Å². The molecule has 10 nitrogen and oxygen atoms in total. The van der Waals surface area contributed by atoms with E-state index >= 15 is 0 Å². The highest BCUT2D eigenvalue weighted by Crippen LogP contribution is 2.23. The van der Waals surface area contributed by atoms with Crippen LogP contribution in [0.3, 0.4) is 0 Å². The van der Waals surface area contributed by atoms with Crippen molar-refractivity contribution in [2.45, 2.75) is 64.2 Å². The highest BCUT2D eigenvalue weighted by Gasteiger charge is 2.21. The fourth-order valence-corrected chi connectivity index (χ4v) is 4.27. The summed E-state index contributed by atoms with van der Waals surface area (Å²) in [5.41, 5.74) is 0.837. The van der Waals surface area contributed by atoms with Gasteiger partial charge in [0, 0.05) is 19.1 Å². The molecular formula is C21H30N6O4S. The molecule has 11 heteroatoms. The maximum atomic E-state index is 12.6. The van der Waals surface area contributed by atoms with Crippen molar-refractivity contribution >= 4 is 21.2 Å². The molecule has 3 rings (SSSR count). The predicted octanol–water partition coefficient (Wildman–Crippen LogP) is 1.55. The van der Waals surface area contributed by atoms with Crippen LogP contribution in [0.1, 0.15) is 51.0 Å². The van der Waals surface area contributed by atoms with E-state index in [0.717, 1.165) is 18.4 Å². The zero-order valence-corrected chi connectivity index (χ0v) is 19.6. The normalized spacial score (nSPS) is 13.2. The zero-order chi connectivity index (χ0) is 23.6. The van der Waals surface area contributed by atoms with Crippen LogP contribution in [-0.4, -0.2) is 39.5 Å². The Balaban J connectivity index is 1.96. The molecule has 1 atom stereocenters. The second-order valence-corrected chi connectivity index (χ2v) is 9.48. The molecular weight excluding hydrogens is 432 g/mol. The van der Waals surface area contributed by atoms with Crippen LogP contribution < -0.4 is 16.4 Å². The van der Waals surface area contributed by atoms with Crippen LogP contribution in [0.15, 0.2) is 38.8 Å². The van der Waals surface area contributed by atoms with Crippen molar-refractivity contribution < 1.29 is 8.42 Å². The van der Waals surface area contributed by atoms with Crippen LogP contribution in [0.25, 0.3) is 11.2 Å². The van der Waals surface area contributed by atoms with Gasteiger partial charge in [0.1, 0.15) is 5.82 Å². The zero-order valence-electron chi connectivity index (χ0n) is 18.8. The molecule has 0 aliphatic carbocycles. The molecule has 1 unspecified atom stereocenters. The Bertz CT molecular complexity index is 1320. The standard InChI is InChI=1S/C21H30N6O4S/c1-5-7-12-27-19-18(20(28)24-21(27)29)26(6-2)17(23-19)13-25(4)14(3)15-8-10-16(11-9-15)32(22,30)31/h8-11,14H,5-7,12-13H2,1-4H3,(H2,22,30,31)(H,24,28,29). The van der Waals surface area contributed by atoms with Crippen molar-refractivity contribution in [3.05, 3.63) is 56.5 Å². The minimum Gasteiger partial charge on any atom is -0.321 e. The summed E-state index contributed by atoms with van der Waals surface area (Å²) in [5.74, 6) is 0.680. The van der Waals surface area contributed by atoms with Crippen LogP contribution in [0.2, 0.25) is 0 Å². The van der Waals surface area contributed by atoms with Gasteiger partial charge in [0.2, 0.25) is 10.0 Å². The van der Waals surface area contributed by atoms with Crippen molar-refractivity contribution in [1.29, 1.82) is 0 Å². The van der Waals surface area contributed by atoms with Crippen LogP contribution in [0, 0.1) is 0 Å². The van der Waals surface area contributed by atoms with Crippen molar-refractivity contribution in [2.24, 2.45) is 5.14 Å². The van der Waals surface area contributed by atoms with E-state index in [9.17, 15) is 18.0 Å². The average Bonchev–Trinajstić information content (AvgIpc) is 3.10. The third-order valence-corrected chi connectivity index (χ3v) is 6.69. The van der Waals surface area contributed by atoms with E-state index in [0.29, 0.717) is 36.6 Å². The van der Waals surface area contributed by atoms with Gasteiger partial charge in [-0.1, -0.05) is 25.5 Å². The number of hydrogen-bond acceptors (Lipinski definition) is 6. The van der Waals surface area contributed by atoms with E-state index in [1.807, 2.05) is 37.3 Å². The van der Waals surface area contributed by atoms with Crippen molar-refractivity contribution in [1.82, 2.24) is 24.0 Å². The summed E-state index contributed by atoms with van der Waals surface area (Å²) in [6, 6.07) is 6.38. The predicted molar refractivity (Wildman–Crippen MR) is 123 cm³/mol. The average molecular weight is 463 g/mol. The molecule has 0 aliphatic rings. The number of nitrogens with one attached hydrogen (secondary N) is 1. The number of sulfonamides is 1. The summed E-state index contributed by atoms with van der Waals surface area (Å²) in [6.45, 7) is 7.42. The smallest absolute Gasteiger partial charge is 0.321 e. The molecule has 174 valence electrons. The Kier molecular flexibility index (Phi) is 7.01. The lowest BCUT2D eigenvalue weighted by atomic mass is 10.1. The van der Waals surface area contributed by atoms with Gasteiger partial charge in [-0.25, -0.2) is 23.3 Å². The molecule has 0 saturated carbocycles. The number of hydrogen-bond donors (Lipinski definition) is 2. The number of nitrogens with two attached hydrogens (primary N) is 1. The quantitative estimate of drug-likeness (QED) is 0.495. The Morgan fingerprint density at radius 2 is 1.81 bits per heavy atom. The van der Waals surface area contributed by atoms with Gasteiger partial charge in [-0.05, 0) is 45.0 Å². The van der Waals surface area contributed by atoms with Crippen molar-refractivity contribution in [3.8, 4) is 0 Å². The number of nitrogens with zero attached hydrogens (tertiary/aromatic N) is 4. The minimum atomic E-state index is -3.74. The van der Waals surface area contributed by atoms with Gasteiger partial charge in [-0.15, -0.1) is 0 Å². The van der Waals surface area contributed by atoms with Gasteiger partial charge >= 0.3 is 5.69 Å². The number of aromatic nitrogens is 4. The fourth-order valence-electron chi connectivity index (χ4n) is 3.75. The molecule has 0 fully saturated rings. The van der Waals surface area contributed by atoms with Crippen LogP contribution in [0.5, 0.6) is 0 Å². The fraction of sp³-hybridized carbons (Fsp3) is 0.476. The Morgan fingerprint density at radius 3 is 2.38 bits per heavy atom. The molecule has 0 radical (unpaired) electrons. The molecule has 3 aromatic rings. The van der Waals surface area contributed by atoms with Gasteiger partial charge in [-0.2, -0.15) is 0 Å². The molecule has 32 heavy (non-hydrogen) atoms. The summed E-state index contributed by atoms with van der Waals surface area (Å²) >= 11 is 0. The Labute approximate surface area is 186 Å². The first-order valence-electron chi connectivity index (χ1n) is 10.6. The molecule has 0 saturated heterocycles. The lowest BCUT2D eigenvalue weighted by Gasteiger charge is -2.25. The maximum absolute atomic E-state index is 12.6. The van der Waals surface area contributed by atoms with Crippen LogP contribution in [-0.2, 0) is 29.7 Å². The number of primary sulfonamides is 1. The van der Waals surface area contributed by atoms with E-state index < -0.39 is 21.3 Å². The first-order valence-corrected chi connectivity index (χ1v) is 12.2. The molecule has 1 aromatic carbocycles. The highest BCUT2D eigenvalue weighted by atomic mass is 32.2. The van der Waals surface area contributed by atoms with Crippen LogP contribution in [0.4, 0.5) is 0 Å². The summed E-state index contributed by atoms with van der Waals surface area (Å²) in [6.07, 6.45) is 1.72. The molecule has 0 bridgehead atoms. The third kappa shape index (κ3) is 4.69. The van der Waals surface area contributed by atoms with Crippen molar-refractivity contribution in [3.63, 3.8) is 0 Å². The lowest BCUT2D eigenvalue weighted by molar-refractivity contribution is 0.244. The number of H-pyrrole nitrogens is 1. The number of fused-ring (bicyclic) bond motifs is 1. The summed E-state index contributed by atoms with van der Waals surface area (Å²) < 4.78 is 26.4. The number of aromatic amines is 1. The van der Waals surface area contributed by atoms with Crippen LogP contribution >= 0.6 is 0 Å². The molecule has 0 amide bonds. The molecule has 0 spiro atoms. The van der Waals surface area contributed by atoms with Gasteiger partial charge < -0.3 is 4.57 Å². The third-order valence-electron chi connectivity index (χ3n) is 5.76. The number of aryl methyl sites for hydroxylation is 2. The number of unbranched alkanes of at least 4 members (excludes halogenated alkanes) is 1. The summed E-state index contributed by atoms with van der Waals surface area (Å²) in [4.78, 5) is 34.2. The molecule has 3 N–H and O–H groups in total. The summed E-state index contributed by atoms with van der Waals surface area (Å²) in [5, 5.41) is 5.18.